The van der Waals surface area contributed by atoms with E-state index in [2.05, 4.69) is 15.1 Å². The van der Waals surface area contributed by atoms with Crippen LogP contribution in [0, 0.1) is 6.92 Å². The third-order valence-corrected chi connectivity index (χ3v) is 7.35. The van der Waals surface area contributed by atoms with Crippen LogP contribution >= 0.6 is 11.3 Å². The maximum atomic E-state index is 10.8. The summed E-state index contributed by atoms with van der Waals surface area (Å²) >= 11 is 1.51. The number of hydrogen-bond acceptors (Lipinski definition) is 9. The number of likely N-dealkylation sites (tertiary alicyclic amines) is 1. The number of aryl methyl sites for hydroxylation is 1. The summed E-state index contributed by atoms with van der Waals surface area (Å²) < 4.78 is 10.5. The fourth-order valence-corrected chi connectivity index (χ4v) is 5.35. The predicted octanol–water partition coefficient (Wildman–Crippen LogP) is 5.03. The van der Waals surface area contributed by atoms with E-state index in [9.17, 15) is 9.90 Å². The molecular weight excluding hydrogens is 480 g/mol. The van der Waals surface area contributed by atoms with Crippen LogP contribution in [0.25, 0.3) is 32.7 Å². The van der Waals surface area contributed by atoms with E-state index in [1.807, 2.05) is 66.4 Å². The van der Waals surface area contributed by atoms with E-state index in [1.54, 1.807) is 0 Å². The number of benzene rings is 2. The Bertz CT molecular complexity index is 1320. The Labute approximate surface area is 212 Å². The Morgan fingerprint density at radius 1 is 1.17 bits per heavy atom. The smallest absolute Gasteiger partial charge is 0.450 e. The molecule has 36 heavy (non-hydrogen) atoms. The normalized spacial score (nSPS) is 17.1. The van der Waals surface area contributed by atoms with Gasteiger partial charge in [0.15, 0.2) is 0 Å². The molecule has 0 saturated carbocycles. The highest BCUT2D eigenvalue weighted by molar-refractivity contribution is 7.18. The molecule has 0 radical (unpaired) electrons. The van der Waals surface area contributed by atoms with Crippen molar-refractivity contribution >= 4 is 17.5 Å². The number of carboxylic acid groups (broad SMARTS) is 1. The van der Waals surface area contributed by atoms with Crippen LogP contribution in [0.15, 0.2) is 59.1 Å². The first kappa shape index (κ1) is 24.1. The zero-order chi connectivity index (χ0) is 25.1. The lowest BCUT2D eigenvalue weighted by Crippen LogP contribution is -2.42. The Hall–Kier alpha value is -3.60. The van der Waals surface area contributed by atoms with Crippen molar-refractivity contribution in [3.05, 3.63) is 65.9 Å². The molecule has 5 rings (SSSR count). The van der Waals surface area contributed by atoms with Gasteiger partial charge in [-0.05, 0) is 31.9 Å². The molecule has 1 saturated heterocycles. The van der Waals surface area contributed by atoms with Crippen molar-refractivity contribution < 1.29 is 24.3 Å². The molecule has 10 heteroatoms. The summed E-state index contributed by atoms with van der Waals surface area (Å²) in [5, 5.41) is 24.6. The molecule has 2 aromatic heterocycles. The van der Waals surface area contributed by atoms with E-state index in [0.29, 0.717) is 31.2 Å². The van der Waals surface area contributed by atoms with Gasteiger partial charge in [0.2, 0.25) is 5.82 Å². The minimum Gasteiger partial charge on any atom is -0.450 e. The number of ether oxygens (including phenoxy) is 1. The van der Waals surface area contributed by atoms with Gasteiger partial charge in [-0.25, -0.2) is 9.78 Å². The number of nitrogens with zero attached hydrogens (tertiary/aromatic N) is 4. The maximum absolute atomic E-state index is 10.8. The van der Waals surface area contributed by atoms with Gasteiger partial charge >= 0.3 is 6.16 Å². The van der Waals surface area contributed by atoms with Gasteiger partial charge in [-0.1, -0.05) is 59.8 Å². The first-order valence-electron chi connectivity index (χ1n) is 11.7. The zero-order valence-electron chi connectivity index (χ0n) is 19.7. The molecular formula is C26H26N4O5S. The van der Waals surface area contributed by atoms with E-state index in [1.165, 1.54) is 11.3 Å². The van der Waals surface area contributed by atoms with Crippen LogP contribution in [0.3, 0.4) is 0 Å². The standard InChI is InChI=1S/C26H26N4O5S/c1-16-22(36-25(27-16)19-6-3-2-4-7-19)24-28-23(29-35-24)18-11-9-17(10-12-18)21(31)15-30-13-5-8-20(14-30)34-26(32)33/h2-4,6-7,9-12,20-21,31H,5,8,13-15H2,1H3,(H,32,33)/t20-,21?/m0/s1. The lowest BCUT2D eigenvalue weighted by molar-refractivity contribution is 0.00215. The number of β-amino-alcohol motifs (C(OH)–C–C–N with tert-alkyl or cyclic N) is 1. The van der Waals surface area contributed by atoms with Gasteiger partial charge in [-0.3, -0.25) is 4.90 Å². The van der Waals surface area contributed by atoms with Crippen LogP contribution in [-0.4, -0.2) is 62.1 Å². The van der Waals surface area contributed by atoms with E-state index in [-0.39, 0.29) is 6.10 Å². The van der Waals surface area contributed by atoms with Crippen molar-refractivity contribution in [2.75, 3.05) is 19.6 Å². The quantitative estimate of drug-likeness (QED) is 0.332. The lowest BCUT2D eigenvalue weighted by atomic mass is 10.0. The van der Waals surface area contributed by atoms with Crippen LogP contribution in [0.1, 0.15) is 30.2 Å². The summed E-state index contributed by atoms with van der Waals surface area (Å²) in [6.07, 6.45) is -0.793. The molecule has 0 aliphatic carbocycles. The van der Waals surface area contributed by atoms with Crippen molar-refractivity contribution in [2.24, 2.45) is 0 Å². The SMILES string of the molecule is Cc1nc(-c2ccccc2)sc1-c1nc(-c2ccc(C(O)CN3CCC[C@H](OC(=O)O)C3)cc2)no1. The van der Waals surface area contributed by atoms with E-state index in [4.69, 9.17) is 14.4 Å². The number of aromatic nitrogens is 3. The summed E-state index contributed by atoms with van der Waals surface area (Å²) in [7, 11) is 0. The Morgan fingerprint density at radius 3 is 2.69 bits per heavy atom. The van der Waals surface area contributed by atoms with Gasteiger partial charge in [-0.2, -0.15) is 4.98 Å². The summed E-state index contributed by atoms with van der Waals surface area (Å²) in [6.45, 7) is 3.61. The van der Waals surface area contributed by atoms with Crippen LogP contribution in [0.5, 0.6) is 0 Å². The van der Waals surface area contributed by atoms with E-state index in [0.717, 1.165) is 45.2 Å². The van der Waals surface area contributed by atoms with Crippen molar-refractivity contribution in [3.63, 3.8) is 0 Å². The highest BCUT2D eigenvalue weighted by atomic mass is 32.1. The number of aliphatic hydroxyl groups is 1. The molecule has 3 heterocycles. The van der Waals surface area contributed by atoms with Crippen molar-refractivity contribution in [1.82, 2.24) is 20.0 Å². The minimum atomic E-state index is -1.26. The van der Waals surface area contributed by atoms with Crippen LogP contribution < -0.4 is 0 Å². The number of thiazole rings is 1. The second-order valence-electron chi connectivity index (χ2n) is 8.77. The number of rotatable bonds is 7. The third-order valence-electron chi connectivity index (χ3n) is 6.15. The summed E-state index contributed by atoms with van der Waals surface area (Å²) in [5.41, 5.74) is 3.41. The molecule has 4 aromatic rings. The molecule has 1 fully saturated rings. The molecule has 9 nitrogen and oxygen atoms in total. The topological polar surface area (TPSA) is 122 Å². The Morgan fingerprint density at radius 2 is 1.94 bits per heavy atom. The number of aliphatic hydroxyl groups excluding tert-OH is 1. The summed E-state index contributed by atoms with van der Waals surface area (Å²) in [5.74, 6) is 0.888. The summed E-state index contributed by atoms with van der Waals surface area (Å²) in [6, 6.07) is 17.4. The first-order valence-corrected chi connectivity index (χ1v) is 12.5. The molecule has 1 aliphatic rings. The average molecular weight is 507 g/mol. The lowest BCUT2D eigenvalue weighted by Gasteiger charge is -2.33. The first-order chi connectivity index (χ1) is 17.5. The summed E-state index contributed by atoms with van der Waals surface area (Å²) in [4.78, 5) is 22.9. The predicted molar refractivity (Wildman–Crippen MR) is 135 cm³/mol. The van der Waals surface area contributed by atoms with Gasteiger partial charge in [0.25, 0.3) is 5.89 Å². The van der Waals surface area contributed by atoms with Crippen LogP contribution in [-0.2, 0) is 4.74 Å². The molecule has 2 N–H and O–H groups in total. The van der Waals surface area contributed by atoms with Crippen molar-refractivity contribution in [1.29, 1.82) is 0 Å². The van der Waals surface area contributed by atoms with Gasteiger partial charge < -0.3 is 19.5 Å². The molecule has 186 valence electrons. The molecule has 0 bridgehead atoms. The van der Waals surface area contributed by atoms with E-state index < -0.39 is 12.3 Å². The molecule has 1 aliphatic heterocycles. The molecule has 2 atom stereocenters. The minimum absolute atomic E-state index is 0.357. The largest absolute Gasteiger partial charge is 0.506 e. The highest BCUT2D eigenvalue weighted by Gasteiger charge is 2.25. The van der Waals surface area contributed by atoms with Gasteiger partial charge in [0, 0.05) is 24.2 Å². The van der Waals surface area contributed by atoms with Crippen LogP contribution in [0.4, 0.5) is 4.79 Å². The third kappa shape index (κ3) is 5.46. The van der Waals surface area contributed by atoms with Crippen LogP contribution in [0.2, 0.25) is 0 Å². The van der Waals surface area contributed by atoms with Gasteiger partial charge in [-0.15, -0.1) is 11.3 Å². The Balaban J connectivity index is 1.25. The van der Waals surface area contributed by atoms with E-state index >= 15 is 0 Å². The van der Waals surface area contributed by atoms with Crippen molar-refractivity contribution in [2.45, 2.75) is 32.0 Å². The van der Waals surface area contributed by atoms with Gasteiger partial charge in [0.05, 0.1) is 11.8 Å². The average Bonchev–Trinajstić information content (AvgIpc) is 3.51. The number of carbonyl (C=O) groups is 1. The highest BCUT2D eigenvalue weighted by Crippen LogP contribution is 2.35. The number of hydrogen-bond donors (Lipinski definition) is 2. The molecule has 0 amide bonds. The number of piperidine rings is 1. The van der Waals surface area contributed by atoms with Crippen molar-refractivity contribution in [3.8, 4) is 32.7 Å². The zero-order valence-corrected chi connectivity index (χ0v) is 20.5. The second kappa shape index (κ2) is 10.6. The monoisotopic (exact) mass is 506 g/mol. The Kier molecular flexibility index (Phi) is 7.08. The molecule has 1 unspecified atom stereocenters. The van der Waals surface area contributed by atoms with Gasteiger partial charge in [0.1, 0.15) is 16.0 Å². The maximum Gasteiger partial charge on any atom is 0.506 e. The second-order valence-corrected chi connectivity index (χ2v) is 9.77. The molecule has 0 spiro atoms. The fourth-order valence-electron chi connectivity index (χ4n) is 4.35. The molecule has 2 aromatic carbocycles. The fraction of sp³-hybridized carbons (Fsp3) is 0.308.